The van der Waals surface area contributed by atoms with E-state index in [2.05, 4.69) is 20.4 Å². The summed E-state index contributed by atoms with van der Waals surface area (Å²) in [7, 11) is 0. The van der Waals surface area contributed by atoms with Crippen molar-refractivity contribution >= 4 is 16.7 Å². The maximum atomic E-state index is 12.8. The van der Waals surface area contributed by atoms with Crippen molar-refractivity contribution in [2.75, 3.05) is 25.1 Å². The van der Waals surface area contributed by atoms with Crippen LogP contribution in [0, 0.1) is 5.92 Å². The van der Waals surface area contributed by atoms with Crippen molar-refractivity contribution in [1.29, 1.82) is 0 Å². The summed E-state index contributed by atoms with van der Waals surface area (Å²) >= 11 is 0. The number of aromatic nitrogens is 4. The molecule has 2 aromatic heterocycles. The predicted octanol–water partition coefficient (Wildman–Crippen LogP) is 1.93. The fraction of sp³-hybridized carbons (Fsp3) is 0.400. The fourth-order valence-corrected chi connectivity index (χ4v) is 3.49. The molecule has 28 heavy (non-hydrogen) atoms. The van der Waals surface area contributed by atoms with Crippen LogP contribution in [-0.2, 0) is 4.74 Å². The number of ether oxygens (including phenoxy) is 1. The Morgan fingerprint density at radius 3 is 3.04 bits per heavy atom. The quantitative estimate of drug-likeness (QED) is 0.700. The lowest BCUT2D eigenvalue weighted by atomic mass is 10.0. The van der Waals surface area contributed by atoms with Crippen LogP contribution in [0.3, 0.4) is 0 Å². The van der Waals surface area contributed by atoms with Gasteiger partial charge in [0.2, 0.25) is 5.95 Å². The largest absolute Gasteiger partial charge is 0.381 e. The number of aromatic amines is 1. The van der Waals surface area contributed by atoms with E-state index in [1.54, 1.807) is 12.3 Å². The van der Waals surface area contributed by atoms with Gasteiger partial charge in [0.15, 0.2) is 0 Å². The van der Waals surface area contributed by atoms with Crippen LogP contribution in [0.5, 0.6) is 0 Å². The molecule has 3 aromatic rings. The van der Waals surface area contributed by atoms with Gasteiger partial charge in [0.25, 0.3) is 11.1 Å². The van der Waals surface area contributed by atoms with Gasteiger partial charge in [-0.15, -0.1) is 0 Å². The summed E-state index contributed by atoms with van der Waals surface area (Å²) in [5.41, 5.74) is 0.00523. The zero-order valence-electron chi connectivity index (χ0n) is 15.7. The van der Waals surface area contributed by atoms with Crippen molar-refractivity contribution < 1.29 is 4.74 Å². The normalized spacial score (nSPS) is 18.1. The molecule has 2 atom stereocenters. The Kier molecular flexibility index (Phi) is 5.21. The topological polar surface area (TPSA) is 102 Å². The monoisotopic (exact) mass is 381 g/mol. The summed E-state index contributed by atoms with van der Waals surface area (Å²) in [5.74, 6) is 0.790. The van der Waals surface area contributed by atoms with Gasteiger partial charge in [-0.25, -0.2) is 9.67 Å². The molecule has 0 amide bonds. The van der Waals surface area contributed by atoms with E-state index >= 15 is 0 Å². The summed E-state index contributed by atoms with van der Waals surface area (Å²) in [5, 5.41) is 8.84. The number of fused-ring (bicyclic) bond motifs is 1. The van der Waals surface area contributed by atoms with Crippen LogP contribution in [0.15, 0.2) is 46.1 Å². The van der Waals surface area contributed by atoms with Gasteiger partial charge in [-0.2, -0.15) is 5.10 Å². The molecule has 1 fully saturated rings. The summed E-state index contributed by atoms with van der Waals surface area (Å²) in [4.78, 5) is 32.1. The first-order chi connectivity index (χ1) is 13.6. The highest BCUT2D eigenvalue weighted by Crippen LogP contribution is 2.16. The first-order valence-electron chi connectivity index (χ1n) is 9.51. The molecule has 8 nitrogen and oxygen atoms in total. The Balaban J connectivity index is 1.60. The average Bonchev–Trinajstić information content (AvgIpc) is 2.73. The molecule has 1 aromatic carbocycles. The second-order valence-electron chi connectivity index (χ2n) is 7.14. The molecule has 146 valence electrons. The van der Waals surface area contributed by atoms with E-state index < -0.39 is 6.04 Å². The third kappa shape index (κ3) is 3.82. The maximum Gasteiger partial charge on any atom is 0.275 e. The number of benzene rings is 1. The number of H-pyrrole nitrogens is 1. The molecule has 4 rings (SSSR count). The third-order valence-corrected chi connectivity index (χ3v) is 5.09. The van der Waals surface area contributed by atoms with Gasteiger partial charge < -0.3 is 10.1 Å². The molecule has 0 radical (unpaired) electrons. The lowest BCUT2D eigenvalue weighted by Gasteiger charge is -2.22. The van der Waals surface area contributed by atoms with Crippen molar-refractivity contribution in [2.45, 2.75) is 25.8 Å². The Morgan fingerprint density at radius 1 is 1.36 bits per heavy atom. The maximum absolute atomic E-state index is 12.8. The van der Waals surface area contributed by atoms with Crippen molar-refractivity contribution in [3.05, 3.63) is 62.9 Å². The molecule has 0 unspecified atom stereocenters. The van der Waals surface area contributed by atoms with Gasteiger partial charge in [-0.1, -0.05) is 18.2 Å². The van der Waals surface area contributed by atoms with Gasteiger partial charge in [-0.05, 0) is 31.7 Å². The average molecular weight is 381 g/mol. The molecule has 1 aliphatic heterocycles. The number of anilines is 1. The van der Waals surface area contributed by atoms with E-state index in [-0.39, 0.29) is 11.1 Å². The van der Waals surface area contributed by atoms with E-state index in [1.807, 2.05) is 25.1 Å². The Labute approximate surface area is 161 Å². The molecule has 1 aliphatic rings. The minimum atomic E-state index is -0.474. The highest BCUT2D eigenvalue weighted by atomic mass is 16.5. The molecule has 0 bridgehead atoms. The minimum absolute atomic E-state index is 0.207. The Hall–Kier alpha value is -3.00. The first-order valence-corrected chi connectivity index (χ1v) is 9.51. The summed E-state index contributed by atoms with van der Waals surface area (Å²) < 4.78 is 6.85. The van der Waals surface area contributed by atoms with Crippen LogP contribution < -0.4 is 16.4 Å². The number of nitrogens with one attached hydrogen (secondary N) is 2. The third-order valence-electron chi connectivity index (χ3n) is 5.09. The lowest BCUT2D eigenvalue weighted by Crippen LogP contribution is -2.29. The zero-order valence-corrected chi connectivity index (χ0v) is 15.7. The Bertz CT molecular complexity index is 1080. The van der Waals surface area contributed by atoms with Crippen LogP contribution in [0.2, 0.25) is 0 Å². The van der Waals surface area contributed by atoms with Gasteiger partial charge >= 0.3 is 0 Å². The van der Waals surface area contributed by atoms with Crippen molar-refractivity contribution in [2.24, 2.45) is 5.92 Å². The summed E-state index contributed by atoms with van der Waals surface area (Å²) in [6.45, 7) is 4.01. The van der Waals surface area contributed by atoms with Crippen LogP contribution in [0.4, 0.5) is 5.95 Å². The second kappa shape index (κ2) is 7.93. The molecular weight excluding hydrogens is 358 g/mol. The van der Waals surface area contributed by atoms with Crippen molar-refractivity contribution in [1.82, 2.24) is 19.7 Å². The smallest absolute Gasteiger partial charge is 0.275 e. The highest BCUT2D eigenvalue weighted by molar-refractivity contribution is 5.80. The van der Waals surface area contributed by atoms with Crippen molar-refractivity contribution in [3.8, 4) is 0 Å². The number of hydrogen-bond donors (Lipinski definition) is 2. The molecule has 2 N–H and O–H groups in total. The van der Waals surface area contributed by atoms with Gasteiger partial charge in [0.1, 0.15) is 0 Å². The molecule has 0 aliphatic carbocycles. The summed E-state index contributed by atoms with van der Waals surface area (Å²) in [6, 6.07) is 8.24. The molecule has 1 saturated heterocycles. The van der Waals surface area contributed by atoms with Gasteiger partial charge in [-0.3, -0.25) is 14.6 Å². The Morgan fingerprint density at radius 2 is 2.21 bits per heavy atom. The second-order valence-corrected chi connectivity index (χ2v) is 7.14. The molecular formula is C20H23N5O3. The molecule has 3 heterocycles. The molecule has 0 spiro atoms. The fourth-order valence-electron chi connectivity index (χ4n) is 3.49. The van der Waals surface area contributed by atoms with E-state index in [0.29, 0.717) is 36.1 Å². The van der Waals surface area contributed by atoms with Crippen LogP contribution in [-0.4, -0.2) is 39.5 Å². The first kappa shape index (κ1) is 18.4. The minimum Gasteiger partial charge on any atom is -0.381 e. The zero-order chi connectivity index (χ0) is 19.5. The predicted molar refractivity (Wildman–Crippen MR) is 107 cm³/mol. The summed E-state index contributed by atoms with van der Waals surface area (Å²) in [6.07, 6.45) is 3.79. The SMILES string of the molecule is C[C@@H](c1cc(=O)[nH]c(NC[C@H]2CCCOC2)n1)n1ncc2ccccc2c1=O. The van der Waals surface area contributed by atoms with Crippen LogP contribution >= 0.6 is 0 Å². The van der Waals surface area contributed by atoms with E-state index in [0.717, 1.165) is 24.8 Å². The van der Waals surface area contributed by atoms with Gasteiger partial charge in [0.05, 0.1) is 29.9 Å². The van der Waals surface area contributed by atoms with Gasteiger partial charge in [0, 0.05) is 24.6 Å². The number of hydrogen-bond acceptors (Lipinski definition) is 6. The molecule has 0 saturated carbocycles. The van der Waals surface area contributed by atoms with Crippen LogP contribution in [0.25, 0.3) is 10.8 Å². The number of rotatable bonds is 5. The van der Waals surface area contributed by atoms with E-state index in [9.17, 15) is 9.59 Å². The van der Waals surface area contributed by atoms with Crippen molar-refractivity contribution in [3.63, 3.8) is 0 Å². The van der Waals surface area contributed by atoms with E-state index in [1.165, 1.54) is 10.7 Å². The lowest BCUT2D eigenvalue weighted by molar-refractivity contribution is 0.0594. The standard InChI is InChI=1S/C20H23N5O3/c1-13(25-19(27)16-7-3-2-6-15(16)11-22-25)17-9-18(26)24-20(23-17)21-10-14-5-4-8-28-12-14/h2-3,6-7,9,11,13-14H,4-5,8,10,12H2,1H3,(H2,21,23,24,26)/t13-,14+/m0/s1. The van der Waals surface area contributed by atoms with E-state index in [4.69, 9.17) is 4.74 Å². The number of nitrogens with zero attached hydrogens (tertiary/aromatic N) is 3. The highest BCUT2D eigenvalue weighted by Gasteiger charge is 2.17. The molecule has 8 heteroatoms. The van der Waals surface area contributed by atoms with Crippen LogP contribution in [0.1, 0.15) is 31.5 Å².